The topological polar surface area (TPSA) is 105 Å². The van der Waals surface area contributed by atoms with Crippen molar-refractivity contribution in [3.8, 4) is 11.3 Å². The van der Waals surface area contributed by atoms with E-state index < -0.39 is 11.9 Å². The van der Waals surface area contributed by atoms with E-state index >= 15 is 0 Å². The van der Waals surface area contributed by atoms with Gasteiger partial charge in [-0.15, -0.1) is 0 Å². The molecule has 0 atom stereocenters. The number of aromatic nitrogens is 1. The zero-order valence-corrected chi connectivity index (χ0v) is 14.0. The van der Waals surface area contributed by atoms with Gasteiger partial charge in [0.05, 0.1) is 22.4 Å². The Balaban J connectivity index is 1.69. The number of benzene rings is 1. The quantitative estimate of drug-likeness (QED) is 0.529. The van der Waals surface area contributed by atoms with Crippen LogP contribution in [0, 0.1) is 0 Å². The summed E-state index contributed by atoms with van der Waals surface area (Å²) in [6.07, 6.45) is 4.35. The standard InChI is InChI=1S/C18H12ClN3O4/c19-15-8-11(3-5-14(15)18(24)25)16-6-4-13(26-16)10-21-22-17(23)12-2-1-7-20-9-12/h1-10H,(H,22,23)(H,24,25)/b21-10+. The second-order valence-corrected chi connectivity index (χ2v) is 5.55. The molecule has 0 aliphatic carbocycles. The zero-order valence-electron chi connectivity index (χ0n) is 13.2. The Labute approximate surface area is 152 Å². The van der Waals surface area contributed by atoms with E-state index in [1.54, 1.807) is 36.5 Å². The molecule has 2 heterocycles. The van der Waals surface area contributed by atoms with Crippen LogP contribution in [-0.4, -0.2) is 28.2 Å². The number of hydrogen-bond acceptors (Lipinski definition) is 5. The second kappa shape index (κ2) is 7.62. The summed E-state index contributed by atoms with van der Waals surface area (Å²) in [4.78, 5) is 26.7. The highest BCUT2D eigenvalue weighted by Gasteiger charge is 2.11. The van der Waals surface area contributed by atoms with Gasteiger partial charge in [-0.25, -0.2) is 10.2 Å². The minimum absolute atomic E-state index is 0.0156. The summed E-state index contributed by atoms with van der Waals surface area (Å²) in [5.74, 6) is -0.593. The number of hydrazone groups is 1. The van der Waals surface area contributed by atoms with Crippen molar-refractivity contribution in [2.75, 3.05) is 0 Å². The van der Waals surface area contributed by atoms with E-state index in [2.05, 4.69) is 15.5 Å². The highest BCUT2D eigenvalue weighted by Crippen LogP contribution is 2.27. The third kappa shape index (κ3) is 3.96. The van der Waals surface area contributed by atoms with Gasteiger partial charge in [0.1, 0.15) is 11.5 Å². The highest BCUT2D eigenvalue weighted by molar-refractivity contribution is 6.33. The van der Waals surface area contributed by atoms with Crippen molar-refractivity contribution in [1.29, 1.82) is 0 Å². The maximum atomic E-state index is 11.8. The highest BCUT2D eigenvalue weighted by atomic mass is 35.5. The summed E-state index contributed by atoms with van der Waals surface area (Å²) >= 11 is 5.96. The summed E-state index contributed by atoms with van der Waals surface area (Å²) in [6.45, 7) is 0. The van der Waals surface area contributed by atoms with Gasteiger partial charge in [-0.1, -0.05) is 17.7 Å². The molecule has 1 aromatic carbocycles. The molecule has 1 amide bonds. The molecule has 7 nitrogen and oxygen atoms in total. The Kier molecular flexibility index (Phi) is 5.09. The SMILES string of the molecule is O=C(N/N=C/c1ccc(-c2ccc(C(=O)O)c(Cl)c2)o1)c1cccnc1. The molecule has 0 spiro atoms. The Morgan fingerprint density at radius 3 is 2.77 bits per heavy atom. The number of aromatic carboxylic acids is 1. The molecule has 26 heavy (non-hydrogen) atoms. The Hall–Kier alpha value is -3.45. The van der Waals surface area contributed by atoms with E-state index in [1.807, 2.05) is 0 Å². The molecule has 0 bridgehead atoms. The van der Waals surface area contributed by atoms with E-state index in [9.17, 15) is 9.59 Å². The number of carboxylic acid groups (broad SMARTS) is 1. The predicted molar refractivity (Wildman–Crippen MR) is 95.4 cm³/mol. The van der Waals surface area contributed by atoms with Crippen LogP contribution in [0.1, 0.15) is 26.5 Å². The Bertz CT molecular complexity index is 983. The first-order valence-electron chi connectivity index (χ1n) is 7.41. The lowest BCUT2D eigenvalue weighted by Crippen LogP contribution is -2.17. The summed E-state index contributed by atoms with van der Waals surface area (Å²) in [7, 11) is 0. The molecule has 3 aromatic rings. The zero-order chi connectivity index (χ0) is 18.5. The normalized spacial score (nSPS) is 10.8. The lowest BCUT2D eigenvalue weighted by atomic mass is 10.1. The van der Waals surface area contributed by atoms with Crippen LogP contribution < -0.4 is 5.43 Å². The second-order valence-electron chi connectivity index (χ2n) is 5.14. The molecular formula is C18H12ClN3O4. The molecular weight excluding hydrogens is 358 g/mol. The summed E-state index contributed by atoms with van der Waals surface area (Å²) < 4.78 is 5.59. The van der Waals surface area contributed by atoms with Crippen LogP contribution in [0.4, 0.5) is 0 Å². The molecule has 2 N–H and O–H groups in total. The van der Waals surface area contributed by atoms with Gasteiger partial charge in [0.15, 0.2) is 0 Å². The van der Waals surface area contributed by atoms with E-state index in [1.165, 1.54) is 24.5 Å². The maximum absolute atomic E-state index is 11.8. The number of rotatable bonds is 5. The molecule has 130 valence electrons. The van der Waals surface area contributed by atoms with Crippen LogP contribution >= 0.6 is 11.6 Å². The number of pyridine rings is 1. The number of carboxylic acids is 1. The van der Waals surface area contributed by atoms with Gasteiger partial charge in [0.25, 0.3) is 5.91 Å². The van der Waals surface area contributed by atoms with Crippen molar-refractivity contribution < 1.29 is 19.1 Å². The first-order chi connectivity index (χ1) is 12.5. The smallest absolute Gasteiger partial charge is 0.337 e. The van der Waals surface area contributed by atoms with Crippen molar-refractivity contribution in [3.05, 3.63) is 76.8 Å². The molecule has 2 aromatic heterocycles. The molecule has 0 fully saturated rings. The van der Waals surface area contributed by atoms with Gasteiger partial charge < -0.3 is 9.52 Å². The largest absolute Gasteiger partial charge is 0.478 e. The number of amides is 1. The number of carbonyl (C=O) groups excluding carboxylic acids is 1. The van der Waals surface area contributed by atoms with E-state index in [4.69, 9.17) is 21.1 Å². The van der Waals surface area contributed by atoms with Gasteiger partial charge in [0.2, 0.25) is 0 Å². The fraction of sp³-hybridized carbons (Fsp3) is 0. The number of nitrogens with one attached hydrogen (secondary N) is 1. The number of furan rings is 1. The minimum Gasteiger partial charge on any atom is -0.478 e. The number of carbonyl (C=O) groups is 2. The van der Waals surface area contributed by atoms with Crippen molar-refractivity contribution in [1.82, 2.24) is 10.4 Å². The summed E-state index contributed by atoms with van der Waals surface area (Å²) in [6, 6.07) is 11.1. The first-order valence-corrected chi connectivity index (χ1v) is 7.79. The van der Waals surface area contributed by atoms with Crippen molar-refractivity contribution in [3.63, 3.8) is 0 Å². The van der Waals surface area contributed by atoms with Crippen LogP contribution in [0.15, 0.2) is 64.4 Å². The number of nitrogens with zero attached hydrogens (tertiary/aromatic N) is 2. The van der Waals surface area contributed by atoms with Crippen LogP contribution in [0.25, 0.3) is 11.3 Å². The molecule has 0 aliphatic heterocycles. The molecule has 0 aliphatic rings. The molecule has 0 radical (unpaired) electrons. The van der Waals surface area contributed by atoms with Crippen LogP contribution in [0.5, 0.6) is 0 Å². The molecule has 0 saturated carbocycles. The summed E-state index contributed by atoms with van der Waals surface area (Å²) in [5, 5.41) is 12.9. The summed E-state index contributed by atoms with van der Waals surface area (Å²) in [5.41, 5.74) is 3.40. The third-order valence-electron chi connectivity index (χ3n) is 3.39. The van der Waals surface area contributed by atoms with Crippen molar-refractivity contribution in [2.24, 2.45) is 5.10 Å². The van der Waals surface area contributed by atoms with Crippen LogP contribution in [-0.2, 0) is 0 Å². The van der Waals surface area contributed by atoms with Crippen molar-refractivity contribution in [2.45, 2.75) is 0 Å². The Morgan fingerprint density at radius 1 is 1.23 bits per heavy atom. The van der Waals surface area contributed by atoms with Gasteiger partial charge in [-0.2, -0.15) is 5.10 Å². The lowest BCUT2D eigenvalue weighted by Gasteiger charge is -2.01. The molecule has 8 heteroatoms. The maximum Gasteiger partial charge on any atom is 0.337 e. The monoisotopic (exact) mass is 369 g/mol. The number of halogens is 1. The van der Waals surface area contributed by atoms with Crippen LogP contribution in [0.3, 0.4) is 0 Å². The molecule has 0 saturated heterocycles. The van der Waals surface area contributed by atoms with Gasteiger partial charge >= 0.3 is 5.97 Å². The Morgan fingerprint density at radius 2 is 2.08 bits per heavy atom. The number of hydrogen-bond donors (Lipinski definition) is 2. The average molecular weight is 370 g/mol. The third-order valence-corrected chi connectivity index (χ3v) is 3.71. The van der Waals surface area contributed by atoms with Crippen LogP contribution in [0.2, 0.25) is 5.02 Å². The first kappa shape index (κ1) is 17.4. The minimum atomic E-state index is -1.10. The van der Waals surface area contributed by atoms with Gasteiger partial charge in [0, 0.05) is 18.0 Å². The van der Waals surface area contributed by atoms with Crippen molar-refractivity contribution >= 4 is 29.7 Å². The van der Waals surface area contributed by atoms with E-state index in [0.29, 0.717) is 22.6 Å². The predicted octanol–water partition coefficient (Wildman–Crippen LogP) is 3.46. The molecule has 3 rings (SSSR count). The van der Waals surface area contributed by atoms with Gasteiger partial charge in [-0.3, -0.25) is 9.78 Å². The fourth-order valence-electron chi connectivity index (χ4n) is 2.14. The average Bonchev–Trinajstić information content (AvgIpc) is 3.11. The molecule has 0 unspecified atom stereocenters. The fourth-order valence-corrected chi connectivity index (χ4v) is 2.40. The lowest BCUT2D eigenvalue weighted by molar-refractivity contribution is 0.0696. The van der Waals surface area contributed by atoms with E-state index in [-0.39, 0.29) is 10.6 Å². The van der Waals surface area contributed by atoms with Gasteiger partial charge in [-0.05, 0) is 36.4 Å². The van der Waals surface area contributed by atoms with E-state index in [0.717, 1.165) is 0 Å².